The van der Waals surface area contributed by atoms with Crippen LogP contribution in [0.1, 0.15) is 45.5 Å². The summed E-state index contributed by atoms with van der Waals surface area (Å²) in [6, 6.07) is 0.449. The minimum Gasteiger partial charge on any atom is -0.271 e. The van der Waals surface area contributed by atoms with E-state index < -0.39 is 0 Å². The zero-order chi connectivity index (χ0) is 13.7. The Morgan fingerprint density at radius 3 is 2.56 bits per heavy atom. The van der Waals surface area contributed by atoms with Gasteiger partial charge in [0.15, 0.2) is 0 Å². The normalized spacial score (nSPS) is 13.6. The molecule has 4 nitrogen and oxygen atoms in total. The van der Waals surface area contributed by atoms with Gasteiger partial charge in [-0.05, 0) is 41.4 Å². The third kappa shape index (κ3) is 4.26. The Morgan fingerprint density at radius 1 is 1.39 bits per heavy atom. The lowest BCUT2D eigenvalue weighted by atomic mass is 10.2. The van der Waals surface area contributed by atoms with Gasteiger partial charge in [0.1, 0.15) is 0 Å². The smallest absolute Gasteiger partial charge is 0.0730 e. The minimum absolute atomic E-state index is 0.119. The van der Waals surface area contributed by atoms with Crippen LogP contribution < -0.4 is 11.3 Å². The molecular weight excluding hydrogens is 312 g/mol. The summed E-state index contributed by atoms with van der Waals surface area (Å²) in [6.45, 7) is 8.70. The molecule has 0 bridgehead atoms. The number of nitrogens with one attached hydrogen (secondary N) is 1. The largest absolute Gasteiger partial charge is 0.271 e. The predicted molar refractivity (Wildman–Crippen MR) is 82.5 cm³/mol. The zero-order valence-corrected chi connectivity index (χ0v) is 13.9. The molecule has 3 N–H and O–H groups in total. The van der Waals surface area contributed by atoms with Gasteiger partial charge in [-0.1, -0.05) is 13.8 Å². The second kappa shape index (κ2) is 7.53. The summed E-state index contributed by atoms with van der Waals surface area (Å²) in [5.41, 5.74) is 4.03. The third-order valence-electron chi connectivity index (χ3n) is 2.54. The molecular formula is C12H23BrN4S. The minimum atomic E-state index is 0.119. The summed E-state index contributed by atoms with van der Waals surface area (Å²) in [5.74, 6) is 8.49. The number of thioether (sulfide) groups is 1. The Bertz CT molecular complexity index is 365. The second-order valence-corrected chi connectivity index (χ2v) is 7.00. The molecule has 1 aromatic rings. The fraction of sp³-hybridized carbons (Fsp3) is 0.750. The molecule has 0 radical (unpaired) electrons. The highest BCUT2D eigenvalue weighted by Crippen LogP contribution is 2.28. The standard InChI is InChI=1S/C12H23BrN4S/c1-8(2)6-18-7-11(16-14)12-10(13)5-15-17(12)9(3)4/h5,8-9,11,16H,6-7,14H2,1-4H3. The van der Waals surface area contributed by atoms with Crippen LogP contribution in [0.4, 0.5) is 0 Å². The van der Waals surface area contributed by atoms with E-state index in [9.17, 15) is 0 Å². The van der Waals surface area contributed by atoms with Crippen LogP contribution in [0.3, 0.4) is 0 Å². The van der Waals surface area contributed by atoms with Crippen LogP contribution in [0.25, 0.3) is 0 Å². The molecule has 1 atom stereocenters. The Hall–Kier alpha value is -0.0400. The number of nitrogens with two attached hydrogens (primary N) is 1. The lowest BCUT2D eigenvalue weighted by Crippen LogP contribution is -2.32. The van der Waals surface area contributed by atoms with Crippen molar-refractivity contribution in [2.45, 2.75) is 39.8 Å². The second-order valence-electron chi connectivity index (χ2n) is 5.07. The van der Waals surface area contributed by atoms with Crippen molar-refractivity contribution < 1.29 is 0 Å². The van der Waals surface area contributed by atoms with Gasteiger partial charge in [0, 0.05) is 11.8 Å². The summed E-state index contributed by atoms with van der Waals surface area (Å²) in [5, 5.41) is 4.39. The molecule has 6 heteroatoms. The average Bonchev–Trinajstić information content (AvgIpc) is 2.66. The topological polar surface area (TPSA) is 55.9 Å². The summed E-state index contributed by atoms with van der Waals surface area (Å²) >= 11 is 5.48. The molecule has 0 aliphatic carbocycles. The Kier molecular flexibility index (Phi) is 6.70. The maximum absolute atomic E-state index is 5.69. The first-order chi connectivity index (χ1) is 8.47. The molecule has 0 aromatic carbocycles. The first-order valence-electron chi connectivity index (χ1n) is 6.24. The van der Waals surface area contributed by atoms with Gasteiger partial charge in [0.05, 0.1) is 22.4 Å². The molecule has 0 saturated heterocycles. The molecule has 1 rings (SSSR count). The fourth-order valence-electron chi connectivity index (χ4n) is 1.72. The van der Waals surface area contributed by atoms with Gasteiger partial charge in [0.2, 0.25) is 0 Å². The summed E-state index contributed by atoms with van der Waals surface area (Å²) in [4.78, 5) is 0. The predicted octanol–water partition coefficient (Wildman–Crippen LogP) is 3.12. The molecule has 0 amide bonds. The van der Waals surface area contributed by atoms with Gasteiger partial charge in [-0.3, -0.25) is 16.0 Å². The molecule has 104 valence electrons. The van der Waals surface area contributed by atoms with Crippen LogP contribution >= 0.6 is 27.7 Å². The number of aromatic nitrogens is 2. The zero-order valence-electron chi connectivity index (χ0n) is 11.5. The first-order valence-corrected chi connectivity index (χ1v) is 8.18. The van der Waals surface area contributed by atoms with E-state index in [1.807, 2.05) is 22.6 Å². The van der Waals surface area contributed by atoms with Crippen LogP contribution in [0.5, 0.6) is 0 Å². The van der Waals surface area contributed by atoms with E-state index in [0.29, 0.717) is 12.0 Å². The fourth-order valence-corrected chi connectivity index (χ4v) is 3.36. The van der Waals surface area contributed by atoms with Crippen molar-refractivity contribution in [2.24, 2.45) is 11.8 Å². The average molecular weight is 335 g/mol. The molecule has 1 heterocycles. The number of hydrazine groups is 1. The lowest BCUT2D eigenvalue weighted by molar-refractivity contribution is 0.467. The lowest BCUT2D eigenvalue weighted by Gasteiger charge is -2.20. The molecule has 0 spiro atoms. The van der Waals surface area contributed by atoms with Crippen molar-refractivity contribution >= 4 is 27.7 Å². The quantitative estimate of drug-likeness (QED) is 0.594. The van der Waals surface area contributed by atoms with E-state index in [1.54, 1.807) is 0 Å². The van der Waals surface area contributed by atoms with Crippen molar-refractivity contribution in [1.29, 1.82) is 0 Å². The van der Waals surface area contributed by atoms with Crippen LogP contribution in [-0.2, 0) is 0 Å². The van der Waals surface area contributed by atoms with Crippen LogP contribution in [0.15, 0.2) is 10.7 Å². The van der Waals surface area contributed by atoms with Crippen molar-refractivity contribution in [3.8, 4) is 0 Å². The monoisotopic (exact) mass is 334 g/mol. The highest BCUT2D eigenvalue weighted by molar-refractivity contribution is 9.10. The number of hydrogen-bond donors (Lipinski definition) is 2. The van der Waals surface area contributed by atoms with Gasteiger partial charge < -0.3 is 0 Å². The van der Waals surface area contributed by atoms with Crippen LogP contribution in [-0.4, -0.2) is 21.3 Å². The number of rotatable bonds is 7. The van der Waals surface area contributed by atoms with Gasteiger partial charge in [0.25, 0.3) is 0 Å². The van der Waals surface area contributed by atoms with Crippen LogP contribution in [0, 0.1) is 5.92 Å². The van der Waals surface area contributed by atoms with E-state index in [1.165, 1.54) is 0 Å². The van der Waals surface area contributed by atoms with Crippen molar-refractivity contribution in [3.63, 3.8) is 0 Å². The van der Waals surface area contributed by atoms with Crippen molar-refractivity contribution in [1.82, 2.24) is 15.2 Å². The molecule has 1 aromatic heterocycles. The molecule has 0 saturated carbocycles. The highest BCUT2D eigenvalue weighted by atomic mass is 79.9. The molecule has 0 aliphatic heterocycles. The Balaban J connectivity index is 2.78. The van der Waals surface area contributed by atoms with Crippen molar-refractivity contribution in [3.05, 3.63) is 16.4 Å². The number of nitrogens with zero attached hydrogens (tertiary/aromatic N) is 2. The van der Waals surface area contributed by atoms with Crippen molar-refractivity contribution in [2.75, 3.05) is 11.5 Å². The van der Waals surface area contributed by atoms with Gasteiger partial charge >= 0.3 is 0 Å². The van der Waals surface area contributed by atoms with E-state index in [4.69, 9.17) is 5.84 Å². The maximum atomic E-state index is 5.69. The number of hydrogen-bond acceptors (Lipinski definition) is 4. The Morgan fingerprint density at radius 2 is 2.06 bits per heavy atom. The van der Waals surface area contributed by atoms with Gasteiger partial charge in [-0.2, -0.15) is 16.9 Å². The molecule has 0 aliphatic rings. The molecule has 18 heavy (non-hydrogen) atoms. The molecule has 0 fully saturated rings. The molecule has 1 unspecified atom stereocenters. The van der Waals surface area contributed by atoms with E-state index in [0.717, 1.165) is 21.7 Å². The van der Waals surface area contributed by atoms with Gasteiger partial charge in [-0.15, -0.1) is 0 Å². The summed E-state index contributed by atoms with van der Waals surface area (Å²) in [6.07, 6.45) is 1.84. The van der Waals surface area contributed by atoms with Gasteiger partial charge in [-0.25, -0.2) is 0 Å². The highest BCUT2D eigenvalue weighted by Gasteiger charge is 2.20. The van der Waals surface area contributed by atoms with Crippen LogP contribution in [0.2, 0.25) is 0 Å². The SMILES string of the molecule is CC(C)CSCC(NN)c1c(Br)cnn1C(C)C. The number of halogens is 1. The maximum Gasteiger partial charge on any atom is 0.0730 e. The Labute approximate surface area is 122 Å². The third-order valence-corrected chi connectivity index (χ3v) is 4.63. The first kappa shape index (κ1) is 16.0. The van der Waals surface area contributed by atoms with E-state index in [-0.39, 0.29) is 6.04 Å². The van der Waals surface area contributed by atoms with E-state index >= 15 is 0 Å². The summed E-state index contributed by atoms with van der Waals surface area (Å²) in [7, 11) is 0. The summed E-state index contributed by atoms with van der Waals surface area (Å²) < 4.78 is 3.04. The van der Waals surface area contributed by atoms with E-state index in [2.05, 4.69) is 54.1 Å².